The maximum absolute atomic E-state index is 13.5. The summed E-state index contributed by atoms with van der Waals surface area (Å²) < 4.78 is 44.3. The van der Waals surface area contributed by atoms with E-state index < -0.39 is 22.5 Å². The van der Waals surface area contributed by atoms with Gasteiger partial charge in [-0.25, -0.2) is 8.42 Å². The molecule has 1 aliphatic heterocycles. The Bertz CT molecular complexity index is 1270. The first-order valence-corrected chi connectivity index (χ1v) is 11.8. The molecule has 8 nitrogen and oxygen atoms in total. The van der Waals surface area contributed by atoms with Crippen molar-refractivity contribution in [1.82, 2.24) is 0 Å². The summed E-state index contributed by atoms with van der Waals surface area (Å²) in [6.45, 7) is 0.344. The highest BCUT2D eigenvalue weighted by Crippen LogP contribution is 2.35. The molecule has 1 heterocycles. The van der Waals surface area contributed by atoms with Crippen molar-refractivity contribution >= 4 is 38.9 Å². The molecular formula is C23H21ClN2O6S. The summed E-state index contributed by atoms with van der Waals surface area (Å²) in [5.41, 5.74) is 0.588. The minimum Gasteiger partial charge on any atom is -0.495 e. The van der Waals surface area contributed by atoms with Crippen LogP contribution in [0.3, 0.4) is 0 Å². The molecule has 0 bridgehead atoms. The van der Waals surface area contributed by atoms with E-state index in [2.05, 4.69) is 5.32 Å². The van der Waals surface area contributed by atoms with E-state index in [1.54, 1.807) is 48.5 Å². The van der Waals surface area contributed by atoms with E-state index in [4.69, 9.17) is 25.8 Å². The first kappa shape index (κ1) is 22.8. The number of halogens is 1. The zero-order chi connectivity index (χ0) is 23.4. The fourth-order valence-electron chi connectivity index (χ4n) is 3.33. The highest BCUT2D eigenvalue weighted by Gasteiger charge is 2.30. The number of ether oxygens (including phenoxy) is 3. The minimum absolute atomic E-state index is 0.0270. The Morgan fingerprint density at radius 1 is 1.03 bits per heavy atom. The molecule has 4 rings (SSSR count). The van der Waals surface area contributed by atoms with Gasteiger partial charge in [-0.2, -0.15) is 0 Å². The fourth-order valence-corrected chi connectivity index (χ4v) is 4.94. The average molecular weight is 489 g/mol. The second kappa shape index (κ2) is 9.60. The van der Waals surface area contributed by atoms with E-state index in [0.717, 1.165) is 4.31 Å². The number of sulfonamides is 1. The maximum atomic E-state index is 13.5. The third-order valence-electron chi connectivity index (χ3n) is 4.85. The Balaban J connectivity index is 1.67. The number of amides is 1. The third kappa shape index (κ3) is 4.99. The monoisotopic (exact) mass is 488 g/mol. The van der Waals surface area contributed by atoms with Gasteiger partial charge in [-0.3, -0.25) is 9.10 Å². The first-order valence-electron chi connectivity index (χ1n) is 9.99. The predicted octanol–water partition coefficient (Wildman–Crippen LogP) is 3.95. The number of benzene rings is 3. The van der Waals surface area contributed by atoms with Crippen molar-refractivity contribution in [2.45, 2.75) is 4.90 Å². The molecule has 0 atom stereocenters. The summed E-state index contributed by atoms with van der Waals surface area (Å²) in [5.74, 6) is 0.778. The van der Waals surface area contributed by atoms with Crippen LogP contribution in [0.15, 0.2) is 71.6 Å². The van der Waals surface area contributed by atoms with Gasteiger partial charge in [-0.1, -0.05) is 29.8 Å². The van der Waals surface area contributed by atoms with Gasteiger partial charge < -0.3 is 19.5 Å². The van der Waals surface area contributed by atoms with Crippen LogP contribution >= 0.6 is 11.6 Å². The van der Waals surface area contributed by atoms with Crippen molar-refractivity contribution in [2.24, 2.45) is 0 Å². The number of methoxy groups -OCH3 is 1. The zero-order valence-electron chi connectivity index (χ0n) is 17.7. The number of carbonyl (C=O) groups is 1. The molecule has 1 N–H and O–H groups in total. The number of carbonyl (C=O) groups excluding carboxylic acids is 1. The van der Waals surface area contributed by atoms with Crippen LogP contribution in [-0.2, 0) is 14.8 Å². The molecule has 0 unspecified atom stereocenters. The second-order valence-electron chi connectivity index (χ2n) is 7.05. The van der Waals surface area contributed by atoms with Gasteiger partial charge in [0.1, 0.15) is 25.5 Å². The lowest BCUT2D eigenvalue weighted by Gasteiger charge is -2.26. The maximum Gasteiger partial charge on any atom is 0.264 e. The van der Waals surface area contributed by atoms with Gasteiger partial charge in [-0.15, -0.1) is 0 Å². The van der Waals surface area contributed by atoms with Crippen LogP contribution in [-0.4, -0.2) is 41.2 Å². The molecule has 0 fully saturated rings. The van der Waals surface area contributed by atoms with E-state index in [-0.39, 0.29) is 16.3 Å². The zero-order valence-corrected chi connectivity index (χ0v) is 19.2. The highest BCUT2D eigenvalue weighted by molar-refractivity contribution is 7.92. The molecule has 172 valence electrons. The standard InChI is InChI=1S/C23H21ClN2O6S/c1-30-20-9-7-16(24)13-19(20)26(33(28,29)18-5-3-2-4-6-18)15-23(27)25-17-8-10-21-22(14-17)32-12-11-31-21/h2-10,13-14H,11-12,15H2,1H3,(H,25,27). The highest BCUT2D eigenvalue weighted by atomic mass is 35.5. The summed E-state index contributed by atoms with van der Waals surface area (Å²) in [4.78, 5) is 13.0. The lowest BCUT2D eigenvalue weighted by atomic mass is 10.2. The number of fused-ring (bicyclic) bond motifs is 1. The first-order chi connectivity index (χ1) is 15.9. The van der Waals surface area contributed by atoms with Crippen LogP contribution < -0.4 is 23.8 Å². The Morgan fingerprint density at radius 3 is 2.48 bits per heavy atom. The van der Waals surface area contributed by atoms with E-state index in [0.29, 0.717) is 35.4 Å². The minimum atomic E-state index is -4.12. The van der Waals surface area contributed by atoms with Crippen LogP contribution in [0.2, 0.25) is 5.02 Å². The van der Waals surface area contributed by atoms with Crippen molar-refractivity contribution in [3.63, 3.8) is 0 Å². The van der Waals surface area contributed by atoms with Gasteiger partial charge in [0.2, 0.25) is 5.91 Å². The molecule has 0 saturated heterocycles. The van der Waals surface area contributed by atoms with Crippen LogP contribution in [0.25, 0.3) is 0 Å². The second-order valence-corrected chi connectivity index (χ2v) is 9.35. The van der Waals surface area contributed by atoms with E-state index >= 15 is 0 Å². The van der Waals surface area contributed by atoms with Crippen molar-refractivity contribution in [3.05, 3.63) is 71.8 Å². The Kier molecular flexibility index (Phi) is 6.62. The van der Waals surface area contributed by atoms with Gasteiger partial charge in [0.15, 0.2) is 11.5 Å². The van der Waals surface area contributed by atoms with Crippen molar-refractivity contribution in [1.29, 1.82) is 0 Å². The summed E-state index contributed by atoms with van der Waals surface area (Å²) in [6.07, 6.45) is 0. The largest absolute Gasteiger partial charge is 0.495 e. The molecule has 3 aromatic rings. The molecule has 0 aliphatic carbocycles. The number of hydrogen-bond donors (Lipinski definition) is 1. The Labute approximate surface area is 196 Å². The summed E-state index contributed by atoms with van der Waals surface area (Å²) in [5, 5.41) is 3.01. The van der Waals surface area contributed by atoms with Crippen LogP contribution in [0.1, 0.15) is 0 Å². The van der Waals surface area contributed by atoms with Crippen molar-refractivity contribution in [2.75, 3.05) is 36.5 Å². The Hall–Kier alpha value is -3.43. The molecule has 0 radical (unpaired) electrons. The quantitative estimate of drug-likeness (QED) is 0.541. The van der Waals surface area contributed by atoms with E-state index in [1.807, 2.05) is 0 Å². The molecule has 1 amide bonds. The number of nitrogens with zero attached hydrogens (tertiary/aromatic N) is 1. The van der Waals surface area contributed by atoms with Gasteiger partial charge in [0.05, 0.1) is 17.7 Å². The molecular weight excluding hydrogens is 468 g/mol. The van der Waals surface area contributed by atoms with Gasteiger partial charge in [0.25, 0.3) is 10.0 Å². The third-order valence-corrected chi connectivity index (χ3v) is 6.86. The van der Waals surface area contributed by atoms with E-state index in [1.165, 1.54) is 25.3 Å². The van der Waals surface area contributed by atoms with E-state index in [9.17, 15) is 13.2 Å². The van der Waals surface area contributed by atoms with Crippen molar-refractivity contribution in [3.8, 4) is 17.2 Å². The lowest BCUT2D eigenvalue weighted by molar-refractivity contribution is -0.114. The number of nitrogens with one attached hydrogen (secondary N) is 1. The molecule has 10 heteroatoms. The number of hydrogen-bond acceptors (Lipinski definition) is 6. The van der Waals surface area contributed by atoms with Crippen molar-refractivity contribution < 1.29 is 27.4 Å². The normalized spacial score (nSPS) is 12.7. The van der Waals surface area contributed by atoms with Gasteiger partial charge >= 0.3 is 0 Å². The molecule has 3 aromatic carbocycles. The van der Waals surface area contributed by atoms with Gasteiger partial charge in [0, 0.05) is 16.8 Å². The molecule has 0 saturated carbocycles. The van der Waals surface area contributed by atoms with Crippen LogP contribution in [0.4, 0.5) is 11.4 Å². The number of anilines is 2. The topological polar surface area (TPSA) is 94.2 Å². The fraction of sp³-hybridized carbons (Fsp3) is 0.174. The summed E-state index contributed by atoms with van der Waals surface area (Å²) in [6, 6.07) is 17.4. The van der Waals surface area contributed by atoms with Gasteiger partial charge in [-0.05, 0) is 42.5 Å². The molecule has 0 aromatic heterocycles. The SMILES string of the molecule is COc1ccc(Cl)cc1N(CC(=O)Nc1ccc2c(c1)OCCO2)S(=O)(=O)c1ccccc1. The molecule has 0 spiro atoms. The smallest absolute Gasteiger partial charge is 0.264 e. The Morgan fingerprint density at radius 2 is 1.76 bits per heavy atom. The molecule has 33 heavy (non-hydrogen) atoms. The average Bonchev–Trinajstić information content (AvgIpc) is 2.83. The predicted molar refractivity (Wildman–Crippen MR) is 125 cm³/mol. The summed E-state index contributed by atoms with van der Waals surface area (Å²) in [7, 11) is -2.70. The number of rotatable bonds is 7. The van der Waals surface area contributed by atoms with Crippen LogP contribution in [0.5, 0.6) is 17.2 Å². The molecule has 1 aliphatic rings. The summed E-state index contributed by atoms with van der Waals surface area (Å²) >= 11 is 6.14. The lowest BCUT2D eigenvalue weighted by Crippen LogP contribution is -2.38. The van der Waals surface area contributed by atoms with Crippen LogP contribution in [0, 0.1) is 0 Å².